The van der Waals surface area contributed by atoms with Crippen LogP contribution < -0.4 is 17.0 Å². The van der Waals surface area contributed by atoms with Gasteiger partial charge in [-0.3, -0.25) is 0 Å². The number of aliphatic hydroxyl groups is 1. The van der Waals surface area contributed by atoms with E-state index in [-0.39, 0.29) is 17.0 Å². The van der Waals surface area contributed by atoms with Crippen LogP contribution in [0.1, 0.15) is 97.3 Å². The van der Waals surface area contributed by atoms with Gasteiger partial charge in [-0.15, -0.1) is 0 Å². The van der Waals surface area contributed by atoms with Crippen LogP contribution in [0.25, 0.3) is 0 Å². The molecule has 0 spiro atoms. The lowest BCUT2D eigenvalue weighted by atomic mass is 10.0. The molecule has 0 amide bonds. The van der Waals surface area contributed by atoms with Crippen molar-refractivity contribution in [3.63, 3.8) is 0 Å². The van der Waals surface area contributed by atoms with Gasteiger partial charge in [0.05, 0.1) is 27.2 Å². The number of rotatable bonds is 16. The smallest absolute Gasteiger partial charge is 0.112 e. The highest BCUT2D eigenvalue weighted by molar-refractivity contribution is 4.54. The fourth-order valence-corrected chi connectivity index (χ4v) is 3.39. The molecular weight excluding hydrogens is 350 g/mol. The zero-order chi connectivity index (χ0) is 16.7. The maximum atomic E-state index is 9.44. The van der Waals surface area contributed by atoms with E-state index in [4.69, 9.17) is 0 Å². The van der Waals surface area contributed by atoms with Crippen molar-refractivity contribution in [1.29, 1.82) is 0 Å². The Balaban J connectivity index is 0. The predicted octanol–water partition coefficient (Wildman–Crippen LogP) is 2.54. The fourth-order valence-electron chi connectivity index (χ4n) is 3.39. The molecule has 0 rings (SSSR count). The second-order valence-electron chi connectivity index (χ2n) is 7.64. The van der Waals surface area contributed by atoms with Crippen molar-refractivity contribution in [1.82, 2.24) is 0 Å². The van der Waals surface area contributed by atoms with Crippen molar-refractivity contribution in [3.8, 4) is 0 Å². The summed E-state index contributed by atoms with van der Waals surface area (Å²) >= 11 is 0. The van der Waals surface area contributed by atoms with Crippen LogP contribution in [-0.4, -0.2) is 42.9 Å². The molecule has 1 N–H and O–H groups in total. The second-order valence-corrected chi connectivity index (χ2v) is 7.64. The molecule has 2 nitrogen and oxygen atoms in total. The molecule has 0 heterocycles. The number of likely N-dealkylation sites (N-methyl/N-ethyl adjacent to an activating group) is 1. The lowest BCUT2D eigenvalue weighted by molar-refractivity contribution is -0.915. The van der Waals surface area contributed by atoms with Crippen LogP contribution in [0.4, 0.5) is 0 Å². The summed E-state index contributed by atoms with van der Waals surface area (Å²) in [5, 5.41) is 9.44. The van der Waals surface area contributed by atoms with E-state index in [0.717, 1.165) is 10.9 Å². The standard InChI is InChI=1S/C20H44NO.BrH/c1-5-7-8-9-10-11-12-13-14-15-16-17-18-21(3,4)20(6-2)19-22;/h20,22H,5-19H2,1-4H3;1H/q+1;/p-1. The Morgan fingerprint density at radius 2 is 1.09 bits per heavy atom. The van der Waals surface area contributed by atoms with E-state index >= 15 is 0 Å². The quantitative estimate of drug-likeness (QED) is 0.315. The fraction of sp³-hybridized carbons (Fsp3) is 1.00. The van der Waals surface area contributed by atoms with Gasteiger partial charge in [-0.25, -0.2) is 0 Å². The van der Waals surface area contributed by atoms with E-state index in [0.29, 0.717) is 12.6 Å². The van der Waals surface area contributed by atoms with E-state index in [1.165, 1.54) is 83.6 Å². The van der Waals surface area contributed by atoms with Crippen LogP contribution in [0.2, 0.25) is 0 Å². The van der Waals surface area contributed by atoms with Crippen LogP contribution >= 0.6 is 0 Å². The first kappa shape index (κ1) is 25.6. The third kappa shape index (κ3) is 14.4. The van der Waals surface area contributed by atoms with Gasteiger partial charge in [0.15, 0.2) is 0 Å². The second kappa shape index (κ2) is 17.2. The highest BCUT2D eigenvalue weighted by Crippen LogP contribution is 2.15. The molecule has 142 valence electrons. The Hall–Kier alpha value is 0.400. The van der Waals surface area contributed by atoms with Gasteiger partial charge in [-0.05, 0) is 19.3 Å². The number of nitrogens with zero attached hydrogens (tertiary/aromatic N) is 1. The van der Waals surface area contributed by atoms with Crippen molar-refractivity contribution >= 4 is 0 Å². The van der Waals surface area contributed by atoms with Crippen LogP contribution in [-0.2, 0) is 0 Å². The van der Waals surface area contributed by atoms with Gasteiger partial charge < -0.3 is 26.6 Å². The third-order valence-electron chi connectivity index (χ3n) is 5.26. The summed E-state index contributed by atoms with van der Waals surface area (Å²) in [6, 6.07) is 0.410. The third-order valence-corrected chi connectivity index (χ3v) is 5.26. The Morgan fingerprint density at radius 3 is 1.43 bits per heavy atom. The molecule has 0 bridgehead atoms. The summed E-state index contributed by atoms with van der Waals surface area (Å²) in [7, 11) is 4.53. The highest BCUT2D eigenvalue weighted by Gasteiger charge is 2.24. The molecule has 3 heteroatoms. The average molecular weight is 394 g/mol. The molecular formula is C20H44BrNO. The largest absolute Gasteiger partial charge is 1.00 e. The summed E-state index contributed by atoms with van der Waals surface area (Å²) in [6.45, 7) is 5.99. The maximum Gasteiger partial charge on any atom is 0.112 e. The molecule has 0 aromatic rings. The van der Waals surface area contributed by atoms with E-state index in [1.807, 2.05) is 0 Å². The molecule has 0 aliphatic heterocycles. The number of halogens is 1. The molecule has 0 saturated heterocycles. The molecule has 0 aromatic heterocycles. The van der Waals surface area contributed by atoms with E-state index in [9.17, 15) is 5.11 Å². The molecule has 23 heavy (non-hydrogen) atoms. The molecule has 0 aliphatic carbocycles. The normalized spacial score (nSPS) is 12.9. The maximum absolute atomic E-state index is 9.44. The molecule has 0 fully saturated rings. The van der Waals surface area contributed by atoms with Crippen molar-refractivity contribution in [3.05, 3.63) is 0 Å². The number of aliphatic hydroxyl groups excluding tert-OH is 1. The summed E-state index contributed by atoms with van der Waals surface area (Å²) < 4.78 is 0.977. The number of unbranched alkanes of at least 4 members (excludes halogenated alkanes) is 11. The lowest BCUT2D eigenvalue weighted by Crippen LogP contribution is -3.00. The van der Waals surface area contributed by atoms with Gasteiger partial charge in [0, 0.05) is 0 Å². The van der Waals surface area contributed by atoms with E-state index in [2.05, 4.69) is 27.9 Å². The van der Waals surface area contributed by atoms with Gasteiger partial charge >= 0.3 is 0 Å². The van der Waals surface area contributed by atoms with Crippen LogP contribution in [0.15, 0.2) is 0 Å². The summed E-state index contributed by atoms with van der Waals surface area (Å²) in [5.41, 5.74) is 0. The van der Waals surface area contributed by atoms with Crippen molar-refractivity contribution in [2.45, 2.75) is 103 Å². The number of hydrogen-bond donors (Lipinski definition) is 1. The molecule has 1 atom stereocenters. The van der Waals surface area contributed by atoms with Crippen LogP contribution in [0.5, 0.6) is 0 Å². The van der Waals surface area contributed by atoms with Crippen molar-refractivity contribution in [2.24, 2.45) is 0 Å². The predicted molar refractivity (Wildman–Crippen MR) is 99.2 cm³/mol. The van der Waals surface area contributed by atoms with Gasteiger partial charge in [0.2, 0.25) is 0 Å². The van der Waals surface area contributed by atoms with E-state index < -0.39 is 0 Å². The Labute approximate surface area is 157 Å². The van der Waals surface area contributed by atoms with Crippen LogP contribution in [0, 0.1) is 0 Å². The molecule has 0 aliphatic rings. The molecule has 0 aromatic carbocycles. The summed E-state index contributed by atoms with van der Waals surface area (Å²) in [4.78, 5) is 0. The topological polar surface area (TPSA) is 20.2 Å². The first-order valence-corrected chi connectivity index (χ1v) is 10.0. The van der Waals surface area contributed by atoms with Crippen LogP contribution in [0.3, 0.4) is 0 Å². The summed E-state index contributed by atoms with van der Waals surface area (Å²) in [6.07, 6.45) is 18.0. The zero-order valence-electron chi connectivity index (χ0n) is 16.5. The molecule has 0 radical (unpaired) electrons. The zero-order valence-corrected chi connectivity index (χ0v) is 18.0. The van der Waals surface area contributed by atoms with Gasteiger partial charge in [-0.1, -0.05) is 78.1 Å². The first-order chi connectivity index (χ1) is 10.6. The Kier molecular flexibility index (Phi) is 19.2. The first-order valence-electron chi connectivity index (χ1n) is 10.0. The number of quaternary nitrogens is 1. The SMILES string of the molecule is CCCCCCCCCCCCCC[N+](C)(C)C(CC)CO.[Br-]. The molecule has 0 saturated carbocycles. The van der Waals surface area contributed by atoms with Gasteiger partial charge in [0.1, 0.15) is 6.04 Å². The Morgan fingerprint density at radius 1 is 0.696 bits per heavy atom. The minimum atomic E-state index is 0. The van der Waals surface area contributed by atoms with Gasteiger partial charge in [-0.2, -0.15) is 0 Å². The number of hydrogen-bond acceptors (Lipinski definition) is 1. The molecule has 1 unspecified atom stereocenters. The van der Waals surface area contributed by atoms with Gasteiger partial charge in [0.25, 0.3) is 0 Å². The Bertz CT molecular complexity index is 230. The van der Waals surface area contributed by atoms with E-state index in [1.54, 1.807) is 0 Å². The van der Waals surface area contributed by atoms with Crippen molar-refractivity contribution < 1.29 is 26.6 Å². The average Bonchev–Trinajstić information content (AvgIpc) is 2.49. The minimum absolute atomic E-state index is 0. The summed E-state index contributed by atoms with van der Waals surface area (Å²) in [5.74, 6) is 0. The lowest BCUT2D eigenvalue weighted by Gasteiger charge is -2.36. The minimum Gasteiger partial charge on any atom is -1.00 e. The van der Waals surface area contributed by atoms with Crippen molar-refractivity contribution in [2.75, 3.05) is 27.2 Å². The monoisotopic (exact) mass is 393 g/mol. The highest BCUT2D eigenvalue weighted by atomic mass is 79.9.